The van der Waals surface area contributed by atoms with Gasteiger partial charge in [-0.3, -0.25) is 4.79 Å². The van der Waals surface area contributed by atoms with Crippen LogP contribution in [-0.2, 0) is 0 Å². The Hall–Kier alpha value is -1.42. The fourth-order valence-electron chi connectivity index (χ4n) is 3.47. The van der Waals surface area contributed by atoms with Crippen LogP contribution in [0.4, 0.5) is 0 Å². The van der Waals surface area contributed by atoms with Crippen molar-refractivity contribution in [2.24, 2.45) is 5.92 Å². The second-order valence-corrected chi connectivity index (χ2v) is 5.66. The topological polar surface area (TPSA) is 51.2 Å². The molecule has 2 unspecified atom stereocenters. The highest BCUT2D eigenvalue weighted by Gasteiger charge is 2.34. The number of piperidine rings is 1. The van der Waals surface area contributed by atoms with E-state index in [1.54, 1.807) is 25.4 Å². The van der Waals surface area contributed by atoms with E-state index in [-0.39, 0.29) is 5.78 Å². The zero-order valence-electron chi connectivity index (χ0n) is 11.3. The van der Waals surface area contributed by atoms with Gasteiger partial charge in [-0.1, -0.05) is 0 Å². The molecule has 2 bridgehead atoms. The number of hydrogen-bond acceptors (Lipinski definition) is 4. The Kier molecular flexibility index (Phi) is 3.51. The quantitative estimate of drug-likeness (QED) is 0.843. The number of nitrogens with zero attached hydrogens (tertiary/aromatic N) is 1. The maximum absolute atomic E-state index is 12.4. The largest absolute Gasteiger partial charge is 0.494 e. The van der Waals surface area contributed by atoms with E-state index >= 15 is 0 Å². The summed E-state index contributed by atoms with van der Waals surface area (Å²) in [5.74, 6) is 1.20. The van der Waals surface area contributed by atoms with Gasteiger partial charge in [-0.25, -0.2) is 4.98 Å². The molecule has 0 saturated carbocycles. The SMILES string of the molecule is COc1cccnc1C(=O)CC1CC2CCC(C1)N2. The number of methoxy groups -OCH3 is 1. The Balaban J connectivity index is 1.68. The van der Waals surface area contributed by atoms with Crippen LogP contribution in [0.25, 0.3) is 0 Å². The van der Waals surface area contributed by atoms with E-state index in [2.05, 4.69) is 10.3 Å². The number of carbonyl (C=O) groups excluding carboxylic acids is 1. The van der Waals surface area contributed by atoms with Gasteiger partial charge in [-0.15, -0.1) is 0 Å². The lowest BCUT2D eigenvalue weighted by molar-refractivity contribution is 0.0937. The summed E-state index contributed by atoms with van der Waals surface area (Å²) in [4.78, 5) is 16.5. The predicted molar refractivity (Wildman–Crippen MR) is 72.4 cm³/mol. The first-order valence-electron chi connectivity index (χ1n) is 7.04. The van der Waals surface area contributed by atoms with Crippen molar-refractivity contribution < 1.29 is 9.53 Å². The number of carbonyl (C=O) groups is 1. The van der Waals surface area contributed by atoms with Gasteiger partial charge in [0.25, 0.3) is 0 Å². The molecule has 102 valence electrons. The molecular weight excluding hydrogens is 240 g/mol. The molecule has 2 aliphatic rings. The minimum atomic E-state index is 0.115. The number of aromatic nitrogens is 1. The molecule has 0 aromatic carbocycles. The molecule has 3 rings (SSSR count). The van der Waals surface area contributed by atoms with Gasteiger partial charge in [-0.05, 0) is 43.7 Å². The number of ketones is 1. The molecule has 2 aliphatic heterocycles. The zero-order chi connectivity index (χ0) is 13.2. The molecule has 0 amide bonds. The van der Waals surface area contributed by atoms with Gasteiger partial charge in [0.05, 0.1) is 7.11 Å². The van der Waals surface area contributed by atoms with E-state index < -0.39 is 0 Å². The van der Waals surface area contributed by atoms with Crippen LogP contribution in [0.1, 0.15) is 42.6 Å². The number of nitrogens with one attached hydrogen (secondary N) is 1. The average molecular weight is 260 g/mol. The fourth-order valence-corrected chi connectivity index (χ4v) is 3.47. The lowest BCUT2D eigenvalue weighted by Gasteiger charge is -2.28. The third-order valence-electron chi connectivity index (χ3n) is 4.30. The maximum Gasteiger partial charge on any atom is 0.185 e. The Bertz CT molecular complexity index is 463. The first-order chi connectivity index (χ1) is 9.26. The van der Waals surface area contributed by atoms with Gasteiger partial charge in [0.15, 0.2) is 5.78 Å². The summed E-state index contributed by atoms with van der Waals surface area (Å²) >= 11 is 0. The molecule has 1 aromatic rings. The number of rotatable bonds is 4. The number of ether oxygens (including phenoxy) is 1. The molecule has 0 radical (unpaired) electrons. The van der Waals surface area contributed by atoms with E-state index in [0.717, 1.165) is 12.8 Å². The van der Waals surface area contributed by atoms with Gasteiger partial charge in [0.1, 0.15) is 11.4 Å². The van der Waals surface area contributed by atoms with Gasteiger partial charge < -0.3 is 10.1 Å². The van der Waals surface area contributed by atoms with Crippen molar-refractivity contribution in [1.29, 1.82) is 0 Å². The molecule has 19 heavy (non-hydrogen) atoms. The van der Waals surface area contributed by atoms with Crippen molar-refractivity contribution >= 4 is 5.78 Å². The fraction of sp³-hybridized carbons (Fsp3) is 0.600. The smallest absolute Gasteiger partial charge is 0.185 e. The third-order valence-corrected chi connectivity index (χ3v) is 4.30. The minimum Gasteiger partial charge on any atom is -0.494 e. The third kappa shape index (κ3) is 2.63. The number of Topliss-reactive ketones (excluding diaryl/α,β-unsaturated/α-hetero) is 1. The summed E-state index contributed by atoms with van der Waals surface area (Å²) in [6.07, 6.45) is 7.03. The highest BCUT2D eigenvalue weighted by molar-refractivity contribution is 5.96. The predicted octanol–water partition coefficient (Wildman–Crippen LogP) is 2.19. The molecule has 0 spiro atoms. The van der Waals surface area contributed by atoms with Crippen molar-refractivity contribution in [1.82, 2.24) is 10.3 Å². The lowest BCUT2D eigenvalue weighted by atomic mass is 9.87. The zero-order valence-corrected chi connectivity index (χ0v) is 11.3. The molecule has 2 fully saturated rings. The molecule has 1 N–H and O–H groups in total. The Labute approximate surface area is 113 Å². The second-order valence-electron chi connectivity index (χ2n) is 5.66. The average Bonchev–Trinajstić information content (AvgIpc) is 2.78. The summed E-state index contributed by atoms with van der Waals surface area (Å²) in [5.41, 5.74) is 0.482. The summed E-state index contributed by atoms with van der Waals surface area (Å²) in [5, 5.41) is 3.60. The van der Waals surface area contributed by atoms with Crippen LogP contribution in [0.2, 0.25) is 0 Å². The molecule has 4 nitrogen and oxygen atoms in total. The highest BCUT2D eigenvalue weighted by atomic mass is 16.5. The van der Waals surface area contributed by atoms with E-state index in [1.165, 1.54) is 12.8 Å². The Morgan fingerprint density at radius 3 is 2.84 bits per heavy atom. The van der Waals surface area contributed by atoms with Crippen LogP contribution in [0.5, 0.6) is 5.75 Å². The first-order valence-corrected chi connectivity index (χ1v) is 7.04. The maximum atomic E-state index is 12.4. The normalized spacial score (nSPS) is 29.2. The number of pyridine rings is 1. The van der Waals surface area contributed by atoms with E-state index in [1.807, 2.05) is 0 Å². The van der Waals surface area contributed by atoms with Crippen molar-refractivity contribution in [3.63, 3.8) is 0 Å². The highest BCUT2D eigenvalue weighted by Crippen LogP contribution is 2.33. The molecule has 1 aromatic heterocycles. The summed E-state index contributed by atoms with van der Waals surface area (Å²) in [6, 6.07) is 4.84. The van der Waals surface area contributed by atoms with Gasteiger partial charge in [0, 0.05) is 24.7 Å². The van der Waals surface area contributed by atoms with E-state index in [0.29, 0.717) is 35.9 Å². The molecule has 3 heterocycles. The van der Waals surface area contributed by atoms with Crippen molar-refractivity contribution in [2.45, 2.75) is 44.2 Å². The van der Waals surface area contributed by atoms with Crippen LogP contribution in [-0.4, -0.2) is 30.0 Å². The first kappa shape index (κ1) is 12.6. The second kappa shape index (κ2) is 5.29. The summed E-state index contributed by atoms with van der Waals surface area (Å²) in [7, 11) is 1.58. The van der Waals surface area contributed by atoms with Crippen LogP contribution < -0.4 is 10.1 Å². The van der Waals surface area contributed by atoms with Crippen LogP contribution >= 0.6 is 0 Å². The van der Waals surface area contributed by atoms with Crippen molar-refractivity contribution in [3.8, 4) is 5.75 Å². The molecule has 4 heteroatoms. The minimum absolute atomic E-state index is 0.115. The standard InChI is InChI=1S/C15H20N2O2/c1-19-14-3-2-6-16-15(14)13(18)9-10-7-11-4-5-12(8-10)17-11/h2-3,6,10-12,17H,4-5,7-9H2,1H3. The lowest BCUT2D eigenvalue weighted by Crippen LogP contribution is -2.38. The van der Waals surface area contributed by atoms with Crippen LogP contribution in [0, 0.1) is 5.92 Å². The van der Waals surface area contributed by atoms with E-state index in [4.69, 9.17) is 4.74 Å². The molecule has 2 atom stereocenters. The van der Waals surface area contributed by atoms with Gasteiger partial charge in [-0.2, -0.15) is 0 Å². The van der Waals surface area contributed by atoms with E-state index in [9.17, 15) is 4.79 Å². The van der Waals surface area contributed by atoms with Crippen LogP contribution in [0.3, 0.4) is 0 Å². The van der Waals surface area contributed by atoms with Gasteiger partial charge >= 0.3 is 0 Å². The van der Waals surface area contributed by atoms with Crippen LogP contribution in [0.15, 0.2) is 18.3 Å². The Morgan fingerprint density at radius 2 is 2.16 bits per heavy atom. The molecule has 0 aliphatic carbocycles. The van der Waals surface area contributed by atoms with Crippen molar-refractivity contribution in [2.75, 3.05) is 7.11 Å². The summed E-state index contributed by atoms with van der Waals surface area (Å²) in [6.45, 7) is 0. The number of hydrogen-bond donors (Lipinski definition) is 1. The number of fused-ring (bicyclic) bond motifs is 2. The molecular formula is C15H20N2O2. The summed E-state index contributed by atoms with van der Waals surface area (Å²) < 4.78 is 5.21. The Morgan fingerprint density at radius 1 is 1.42 bits per heavy atom. The van der Waals surface area contributed by atoms with Crippen molar-refractivity contribution in [3.05, 3.63) is 24.0 Å². The molecule has 2 saturated heterocycles. The monoisotopic (exact) mass is 260 g/mol. The van der Waals surface area contributed by atoms with Gasteiger partial charge in [0.2, 0.25) is 0 Å².